The van der Waals surface area contributed by atoms with Crippen LogP contribution in [0.25, 0.3) is 0 Å². The Morgan fingerprint density at radius 1 is 1.19 bits per heavy atom. The van der Waals surface area contributed by atoms with Gasteiger partial charge in [0.25, 0.3) is 5.91 Å². The lowest BCUT2D eigenvalue weighted by molar-refractivity contribution is -0.137. The normalized spacial score (nSPS) is 21.4. The van der Waals surface area contributed by atoms with Gasteiger partial charge in [0.2, 0.25) is 5.91 Å². The number of rotatable bonds is 3. The molecule has 0 unspecified atom stereocenters. The summed E-state index contributed by atoms with van der Waals surface area (Å²) >= 11 is 0. The zero-order chi connectivity index (χ0) is 19.0. The van der Waals surface area contributed by atoms with E-state index in [1.807, 2.05) is 29.2 Å². The van der Waals surface area contributed by atoms with Crippen LogP contribution < -0.4 is 5.48 Å². The van der Waals surface area contributed by atoms with E-state index in [0.717, 1.165) is 31.4 Å². The highest BCUT2D eigenvalue weighted by Gasteiger charge is 2.48. The minimum atomic E-state index is -0.517. The first-order chi connectivity index (χ1) is 13.0. The first-order valence-electron chi connectivity index (χ1n) is 9.42. The first-order valence-corrected chi connectivity index (χ1v) is 9.42. The van der Waals surface area contributed by atoms with Crippen LogP contribution in [0.5, 0.6) is 0 Å². The third-order valence-electron chi connectivity index (χ3n) is 6.20. The summed E-state index contributed by atoms with van der Waals surface area (Å²) in [4.78, 5) is 27.0. The Morgan fingerprint density at radius 3 is 2.78 bits per heavy atom. The topological polar surface area (TPSA) is 69.6 Å². The van der Waals surface area contributed by atoms with Crippen molar-refractivity contribution in [1.82, 2.24) is 10.4 Å². The maximum atomic E-state index is 13.3. The summed E-state index contributed by atoms with van der Waals surface area (Å²) in [5.41, 5.74) is 6.40. The van der Waals surface area contributed by atoms with Gasteiger partial charge in [-0.05, 0) is 67.0 Å². The molecule has 0 bridgehead atoms. The molecule has 1 aliphatic carbocycles. The molecule has 1 saturated heterocycles. The summed E-state index contributed by atoms with van der Waals surface area (Å²) in [5.74, 6) is -0.287. The van der Waals surface area contributed by atoms with E-state index in [2.05, 4.69) is 19.1 Å². The molecule has 140 valence electrons. The van der Waals surface area contributed by atoms with Gasteiger partial charge in [0.1, 0.15) is 0 Å². The van der Waals surface area contributed by atoms with Gasteiger partial charge in [-0.3, -0.25) is 14.8 Å². The Morgan fingerprint density at radius 2 is 2.00 bits per heavy atom. The Bertz CT molecular complexity index is 908. The van der Waals surface area contributed by atoms with Crippen molar-refractivity contribution >= 4 is 11.8 Å². The van der Waals surface area contributed by atoms with E-state index in [-0.39, 0.29) is 11.3 Å². The largest absolute Gasteiger partial charge is 0.338 e. The summed E-state index contributed by atoms with van der Waals surface area (Å²) in [6.07, 6.45) is 3.22. The quantitative estimate of drug-likeness (QED) is 0.650. The van der Waals surface area contributed by atoms with Gasteiger partial charge in [-0.2, -0.15) is 0 Å². The van der Waals surface area contributed by atoms with Crippen molar-refractivity contribution < 1.29 is 14.8 Å². The summed E-state index contributed by atoms with van der Waals surface area (Å²) in [7, 11) is 0. The molecule has 1 spiro atoms. The van der Waals surface area contributed by atoms with Crippen molar-refractivity contribution in [3.05, 3.63) is 70.3 Å². The molecule has 2 aliphatic rings. The van der Waals surface area contributed by atoms with Crippen LogP contribution in [0.15, 0.2) is 42.5 Å². The smallest absolute Gasteiger partial charge is 0.274 e. The lowest BCUT2D eigenvalue weighted by Gasteiger charge is -2.33. The summed E-state index contributed by atoms with van der Waals surface area (Å²) in [5, 5.41) is 8.88. The zero-order valence-corrected chi connectivity index (χ0v) is 15.5. The molecule has 0 aromatic heterocycles. The number of benzene rings is 2. The average molecular weight is 364 g/mol. The van der Waals surface area contributed by atoms with Crippen LogP contribution in [0.1, 0.15) is 45.5 Å². The number of carbonyl (C=O) groups is 2. The number of aryl methyl sites for hydroxylation is 2. The maximum Gasteiger partial charge on any atom is 0.274 e. The molecular weight excluding hydrogens is 340 g/mol. The highest BCUT2D eigenvalue weighted by Crippen LogP contribution is 2.44. The third-order valence-corrected chi connectivity index (χ3v) is 6.20. The Balaban J connectivity index is 1.56. The minimum absolute atomic E-state index is 0.230. The molecule has 4 rings (SSSR count). The Kier molecular flexibility index (Phi) is 4.48. The summed E-state index contributed by atoms with van der Waals surface area (Å²) < 4.78 is 0. The Hall–Kier alpha value is -2.66. The van der Waals surface area contributed by atoms with E-state index in [9.17, 15) is 9.59 Å². The van der Waals surface area contributed by atoms with Crippen LogP contribution >= 0.6 is 0 Å². The molecule has 1 fully saturated rings. The summed E-state index contributed by atoms with van der Waals surface area (Å²) in [6.45, 7) is 3.52. The van der Waals surface area contributed by atoms with E-state index < -0.39 is 5.91 Å². The molecule has 2 N–H and O–H groups in total. The van der Waals surface area contributed by atoms with Crippen LogP contribution in [0.3, 0.4) is 0 Å². The van der Waals surface area contributed by atoms with Gasteiger partial charge in [-0.15, -0.1) is 0 Å². The van der Waals surface area contributed by atoms with Crippen LogP contribution in [-0.2, 0) is 24.2 Å². The van der Waals surface area contributed by atoms with E-state index in [0.29, 0.717) is 18.5 Å². The molecule has 5 nitrogen and oxygen atoms in total. The van der Waals surface area contributed by atoms with Crippen molar-refractivity contribution in [2.75, 3.05) is 6.54 Å². The fourth-order valence-corrected chi connectivity index (χ4v) is 4.50. The lowest BCUT2D eigenvalue weighted by atomic mass is 9.70. The van der Waals surface area contributed by atoms with Crippen LogP contribution in [-0.4, -0.2) is 28.5 Å². The number of hydroxylamine groups is 1. The molecule has 2 aromatic carbocycles. The SMILES string of the molecule is Cc1ccccc1CN1CC[C@]2(CCc3ccc(C(=O)NO)cc3C2)C1=O. The Labute approximate surface area is 159 Å². The molecule has 5 heteroatoms. The third kappa shape index (κ3) is 3.12. The molecule has 27 heavy (non-hydrogen) atoms. The number of nitrogens with zero attached hydrogens (tertiary/aromatic N) is 1. The van der Waals surface area contributed by atoms with Crippen LogP contribution in [0.4, 0.5) is 0 Å². The zero-order valence-electron chi connectivity index (χ0n) is 15.5. The highest BCUT2D eigenvalue weighted by molar-refractivity contribution is 5.93. The predicted molar refractivity (Wildman–Crippen MR) is 101 cm³/mol. The average Bonchev–Trinajstić information content (AvgIpc) is 2.98. The second kappa shape index (κ2) is 6.82. The van der Waals surface area contributed by atoms with E-state index in [1.54, 1.807) is 11.5 Å². The van der Waals surface area contributed by atoms with Gasteiger partial charge in [0.15, 0.2) is 0 Å². The van der Waals surface area contributed by atoms with Crippen LogP contribution in [0, 0.1) is 12.3 Å². The standard InChI is InChI=1S/C22H24N2O3/c1-15-4-2-3-5-18(15)14-24-11-10-22(21(24)26)9-8-16-6-7-17(20(25)23-27)12-19(16)13-22/h2-7,12,27H,8-11,13-14H2,1H3,(H,23,25)/t22-/m0/s1. The molecular formula is C22H24N2O3. The van der Waals surface area contributed by atoms with Crippen molar-refractivity contribution in [3.8, 4) is 0 Å². The summed E-state index contributed by atoms with van der Waals surface area (Å²) in [6, 6.07) is 13.7. The van der Waals surface area contributed by atoms with Crippen molar-refractivity contribution in [2.24, 2.45) is 5.41 Å². The molecule has 0 radical (unpaired) electrons. The fourth-order valence-electron chi connectivity index (χ4n) is 4.50. The van der Waals surface area contributed by atoms with E-state index in [1.165, 1.54) is 16.7 Å². The number of amides is 2. The number of nitrogens with one attached hydrogen (secondary N) is 1. The van der Waals surface area contributed by atoms with E-state index in [4.69, 9.17) is 5.21 Å². The van der Waals surface area contributed by atoms with Gasteiger partial charge in [0.05, 0.1) is 5.41 Å². The van der Waals surface area contributed by atoms with Gasteiger partial charge in [-0.1, -0.05) is 30.3 Å². The fraction of sp³-hybridized carbons (Fsp3) is 0.364. The first kappa shape index (κ1) is 17.7. The number of hydrogen-bond acceptors (Lipinski definition) is 3. The highest BCUT2D eigenvalue weighted by atomic mass is 16.5. The lowest BCUT2D eigenvalue weighted by Crippen LogP contribution is -2.38. The molecule has 2 aromatic rings. The monoisotopic (exact) mass is 364 g/mol. The molecule has 0 saturated carbocycles. The molecule has 2 amide bonds. The molecule has 1 aliphatic heterocycles. The van der Waals surface area contributed by atoms with Crippen molar-refractivity contribution in [2.45, 2.75) is 39.2 Å². The van der Waals surface area contributed by atoms with Crippen LogP contribution in [0.2, 0.25) is 0 Å². The predicted octanol–water partition coefficient (Wildman–Crippen LogP) is 3.02. The van der Waals surface area contributed by atoms with Gasteiger partial charge in [0, 0.05) is 18.7 Å². The molecule has 1 heterocycles. The van der Waals surface area contributed by atoms with Crippen molar-refractivity contribution in [1.29, 1.82) is 0 Å². The number of carbonyl (C=O) groups excluding carboxylic acids is 2. The van der Waals surface area contributed by atoms with Gasteiger partial charge < -0.3 is 4.90 Å². The van der Waals surface area contributed by atoms with Gasteiger partial charge >= 0.3 is 0 Å². The number of likely N-dealkylation sites (tertiary alicyclic amines) is 1. The minimum Gasteiger partial charge on any atom is -0.338 e. The number of fused-ring (bicyclic) bond motifs is 1. The second-order valence-electron chi connectivity index (χ2n) is 7.78. The van der Waals surface area contributed by atoms with Gasteiger partial charge in [-0.25, -0.2) is 5.48 Å². The van der Waals surface area contributed by atoms with Crippen molar-refractivity contribution in [3.63, 3.8) is 0 Å². The maximum absolute atomic E-state index is 13.3. The second-order valence-corrected chi connectivity index (χ2v) is 7.78. The number of hydrogen-bond donors (Lipinski definition) is 2. The molecule has 1 atom stereocenters. The van der Waals surface area contributed by atoms with E-state index >= 15 is 0 Å².